The number of nitrogens with zero attached hydrogens (tertiary/aromatic N) is 2. The first-order chi connectivity index (χ1) is 13.0. The van der Waals surface area contributed by atoms with E-state index in [-0.39, 0.29) is 19.1 Å². The van der Waals surface area contributed by atoms with Gasteiger partial charge < -0.3 is 10.2 Å². The normalized spacial score (nSPS) is 16.3. The third-order valence-corrected chi connectivity index (χ3v) is 4.78. The minimum atomic E-state index is -0.285. The average molecular weight is 401 g/mol. The largest absolute Gasteiger partial charge is 0.390 e. The Morgan fingerprint density at radius 1 is 1.19 bits per heavy atom. The number of aliphatic hydroxyl groups is 2. The third kappa shape index (κ3) is 4.18. The van der Waals surface area contributed by atoms with Crippen LogP contribution in [0.4, 0.5) is 0 Å². The molecule has 2 N–H and O–H groups in total. The van der Waals surface area contributed by atoms with Gasteiger partial charge in [0.25, 0.3) is 0 Å². The Morgan fingerprint density at radius 3 is 2.59 bits per heavy atom. The number of rotatable bonds is 3. The van der Waals surface area contributed by atoms with E-state index in [2.05, 4.69) is 16.8 Å². The second-order valence-electron chi connectivity index (χ2n) is 5.95. The van der Waals surface area contributed by atoms with Crippen LogP contribution in [0.5, 0.6) is 0 Å². The predicted molar refractivity (Wildman–Crippen MR) is 108 cm³/mol. The standard InChI is InChI=1S/C21H18Cl2N2O2/c1-14-20(13-27)25(17-9-7-15(8-10-17)4-3-11-26)21(24-14)18-6-2-5-16(22)12-19(18)23/h2,5-10,12,18,26-27H,11,13H2,1H3. The molecular formula is C21H18Cl2N2O2. The summed E-state index contributed by atoms with van der Waals surface area (Å²) in [4.78, 5) is 4.67. The lowest BCUT2D eigenvalue weighted by molar-refractivity contribution is 0.273. The van der Waals surface area contributed by atoms with Gasteiger partial charge in [-0.2, -0.15) is 0 Å². The number of allylic oxidation sites excluding steroid dienone is 6. The number of aromatic nitrogens is 2. The summed E-state index contributed by atoms with van der Waals surface area (Å²) in [7, 11) is 0. The number of aliphatic hydroxyl groups excluding tert-OH is 2. The fourth-order valence-corrected chi connectivity index (χ4v) is 3.47. The molecule has 27 heavy (non-hydrogen) atoms. The molecule has 1 aromatic heterocycles. The van der Waals surface area contributed by atoms with Crippen LogP contribution < -0.4 is 0 Å². The summed E-state index contributed by atoms with van der Waals surface area (Å²) in [5.41, 5.74) is 3.06. The molecule has 0 fully saturated rings. The second-order valence-corrected chi connectivity index (χ2v) is 6.82. The maximum atomic E-state index is 9.90. The van der Waals surface area contributed by atoms with Crippen molar-refractivity contribution in [3.05, 3.63) is 81.4 Å². The number of imidazole rings is 1. The molecule has 6 heteroatoms. The van der Waals surface area contributed by atoms with Crippen molar-refractivity contribution in [1.82, 2.24) is 9.55 Å². The van der Waals surface area contributed by atoms with E-state index in [1.807, 2.05) is 47.9 Å². The van der Waals surface area contributed by atoms with Crippen LogP contribution in [0.15, 0.2) is 58.6 Å². The van der Waals surface area contributed by atoms with E-state index in [1.54, 1.807) is 12.2 Å². The van der Waals surface area contributed by atoms with E-state index in [4.69, 9.17) is 28.3 Å². The highest BCUT2D eigenvalue weighted by molar-refractivity contribution is 6.35. The van der Waals surface area contributed by atoms with Crippen LogP contribution in [0.1, 0.15) is 28.7 Å². The monoisotopic (exact) mass is 400 g/mol. The van der Waals surface area contributed by atoms with Gasteiger partial charge in [0.15, 0.2) is 0 Å². The van der Waals surface area contributed by atoms with Crippen LogP contribution >= 0.6 is 23.2 Å². The van der Waals surface area contributed by atoms with Crippen molar-refractivity contribution in [2.24, 2.45) is 0 Å². The Hall–Kier alpha value is -2.29. The average Bonchev–Trinajstić information content (AvgIpc) is 2.89. The number of aryl methyl sites for hydroxylation is 1. The van der Waals surface area contributed by atoms with Gasteiger partial charge in [0.05, 0.1) is 23.9 Å². The van der Waals surface area contributed by atoms with E-state index in [1.165, 1.54) is 0 Å². The molecular weight excluding hydrogens is 383 g/mol. The predicted octanol–water partition coefficient (Wildman–Crippen LogP) is 3.92. The van der Waals surface area contributed by atoms with E-state index in [0.29, 0.717) is 21.6 Å². The molecule has 0 spiro atoms. The quantitative estimate of drug-likeness (QED) is 0.767. The molecule has 0 saturated carbocycles. The molecule has 1 aliphatic rings. The molecule has 1 atom stereocenters. The molecule has 3 rings (SSSR count). The van der Waals surface area contributed by atoms with Crippen molar-refractivity contribution in [2.75, 3.05) is 6.61 Å². The Morgan fingerprint density at radius 2 is 1.93 bits per heavy atom. The first kappa shape index (κ1) is 19.5. The molecule has 1 aliphatic carbocycles. The summed E-state index contributed by atoms with van der Waals surface area (Å²) >= 11 is 12.6. The summed E-state index contributed by atoms with van der Waals surface area (Å²) in [6, 6.07) is 7.51. The topological polar surface area (TPSA) is 58.3 Å². The Labute approximate surface area is 168 Å². The van der Waals surface area contributed by atoms with Crippen LogP contribution in [0.3, 0.4) is 0 Å². The van der Waals surface area contributed by atoms with Crippen LogP contribution in [0.25, 0.3) is 5.69 Å². The lowest BCUT2D eigenvalue weighted by Gasteiger charge is -2.16. The zero-order valence-corrected chi connectivity index (χ0v) is 16.2. The van der Waals surface area contributed by atoms with Crippen molar-refractivity contribution in [1.29, 1.82) is 0 Å². The molecule has 4 nitrogen and oxygen atoms in total. The van der Waals surface area contributed by atoms with Crippen molar-refractivity contribution in [3.8, 4) is 17.5 Å². The minimum absolute atomic E-state index is 0.151. The fraction of sp³-hybridized carbons (Fsp3) is 0.190. The van der Waals surface area contributed by atoms with Crippen molar-refractivity contribution in [2.45, 2.75) is 19.4 Å². The molecule has 2 aromatic rings. The summed E-state index contributed by atoms with van der Waals surface area (Å²) in [5.74, 6) is 5.90. The van der Waals surface area contributed by atoms with Gasteiger partial charge in [-0.15, -0.1) is 0 Å². The highest BCUT2D eigenvalue weighted by atomic mass is 35.5. The zero-order valence-electron chi connectivity index (χ0n) is 14.7. The van der Waals surface area contributed by atoms with Gasteiger partial charge in [-0.05, 0) is 43.3 Å². The van der Waals surface area contributed by atoms with Crippen molar-refractivity contribution < 1.29 is 10.2 Å². The van der Waals surface area contributed by atoms with Crippen LogP contribution in [-0.2, 0) is 6.61 Å². The lowest BCUT2D eigenvalue weighted by atomic mass is 10.1. The highest BCUT2D eigenvalue weighted by Crippen LogP contribution is 2.34. The van der Waals surface area contributed by atoms with Gasteiger partial charge in [-0.25, -0.2) is 4.98 Å². The smallest absolute Gasteiger partial charge is 0.126 e. The Balaban J connectivity index is 2.11. The van der Waals surface area contributed by atoms with E-state index >= 15 is 0 Å². The van der Waals surface area contributed by atoms with Gasteiger partial charge in [0.1, 0.15) is 12.4 Å². The summed E-state index contributed by atoms with van der Waals surface area (Å²) in [5, 5.41) is 19.8. The number of benzene rings is 1. The molecule has 0 radical (unpaired) electrons. The molecule has 0 amide bonds. The summed E-state index contributed by atoms with van der Waals surface area (Å²) in [6.07, 6.45) is 7.24. The molecule has 1 aromatic carbocycles. The van der Waals surface area contributed by atoms with Crippen LogP contribution in [0.2, 0.25) is 0 Å². The highest BCUT2D eigenvalue weighted by Gasteiger charge is 2.24. The SMILES string of the molecule is Cc1nc(C2C=CC=C(Cl)C=C2Cl)n(-c2ccc(C#CCO)cc2)c1CO. The third-order valence-electron chi connectivity index (χ3n) is 4.20. The summed E-state index contributed by atoms with van der Waals surface area (Å²) in [6.45, 7) is 1.52. The minimum Gasteiger partial charge on any atom is -0.390 e. The lowest BCUT2D eigenvalue weighted by Crippen LogP contribution is -2.09. The van der Waals surface area contributed by atoms with E-state index in [9.17, 15) is 5.11 Å². The zero-order chi connectivity index (χ0) is 19.4. The molecule has 0 saturated heterocycles. The van der Waals surface area contributed by atoms with Crippen LogP contribution in [-0.4, -0.2) is 26.4 Å². The van der Waals surface area contributed by atoms with Gasteiger partial charge in [0.2, 0.25) is 0 Å². The van der Waals surface area contributed by atoms with Gasteiger partial charge in [-0.3, -0.25) is 4.57 Å². The van der Waals surface area contributed by atoms with E-state index < -0.39 is 0 Å². The number of hydrogen-bond acceptors (Lipinski definition) is 3. The fourth-order valence-electron chi connectivity index (χ4n) is 2.93. The number of hydrogen-bond donors (Lipinski definition) is 2. The Kier molecular flexibility index (Phi) is 6.20. The first-order valence-electron chi connectivity index (χ1n) is 8.35. The first-order valence-corrected chi connectivity index (χ1v) is 9.11. The van der Waals surface area contributed by atoms with Crippen LogP contribution in [0, 0.1) is 18.8 Å². The second kappa shape index (κ2) is 8.60. The van der Waals surface area contributed by atoms with E-state index in [0.717, 1.165) is 16.9 Å². The maximum absolute atomic E-state index is 9.90. The molecule has 138 valence electrons. The van der Waals surface area contributed by atoms with Crippen molar-refractivity contribution in [3.63, 3.8) is 0 Å². The number of halogens is 2. The van der Waals surface area contributed by atoms with Crippen molar-refractivity contribution >= 4 is 23.2 Å². The molecule has 1 heterocycles. The van der Waals surface area contributed by atoms with Gasteiger partial charge in [0, 0.05) is 21.3 Å². The molecule has 0 aliphatic heterocycles. The molecule has 1 unspecified atom stereocenters. The van der Waals surface area contributed by atoms with Gasteiger partial charge in [-0.1, -0.05) is 47.2 Å². The van der Waals surface area contributed by atoms with Gasteiger partial charge >= 0.3 is 0 Å². The summed E-state index contributed by atoms with van der Waals surface area (Å²) < 4.78 is 1.91. The molecule has 0 bridgehead atoms. The Bertz CT molecular complexity index is 990. The maximum Gasteiger partial charge on any atom is 0.126 e.